The van der Waals surface area contributed by atoms with Gasteiger partial charge < -0.3 is 24.2 Å². The van der Waals surface area contributed by atoms with Gasteiger partial charge in [0.25, 0.3) is 0 Å². The van der Waals surface area contributed by atoms with Crippen molar-refractivity contribution in [2.24, 2.45) is 17.8 Å². The molecule has 4 bridgehead atoms. The van der Waals surface area contributed by atoms with Crippen LogP contribution in [0.3, 0.4) is 0 Å². The molecule has 7 atom stereocenters. The lowest BCUT2D eigenvalue weighted by molar-refractivity contribution is -0.410. The van der Waals surface area contributed by atoms with E-state index in [1.807, 2.05) is 0 Å². The van der Waals surface area contributed by atoms with Crippen LogP contribution in [0.25, 0.3) is 0 Å². The van der Waals surface area contributed by atoms with E-state index in [0.29, 0.717) is 11.8 Å². The molecule has 0 aromatic carbocycles. The molecule has 4 heterocycles. The molecule has 5 rings (SSSR count). The summed E-state index contributed by atoms with van der Waals surface area (Å²) >= 11 is 0. The van der Waals surface area contributed by atoms with Crippen LogP contribution >= 0.6 is 0 Å². The van der Waals surface area contributed by atoms with E-state index in [4.69, 9.17) is 14.2 Å². The number of methoxy groups -OCH3 is 1. The quantitative estimate of drug-likeness (QED) is 0.789. The first-order chi connectivity index (χ1) is 10.5. The summed E-state index contributed by atoms with van der Waals surface area (Å²) in [6.07, 6.45) is -0.107. The Kier molecular flexibility index (Phi) is 3.75. The summed E-state index contributed by atoms with van der Waals surface area (Å²) in [5.74, 6) is 0.890. The van der Waals surface area contributed by atoms with Crippen molar-refractivity contribution in [3.05, 3.63) is 0 Å². The fourth-order valence-electron chi connectivity index (χ4n) is 5.02. The predicted octanol–water partition coefficient (Wildman–Crippen LogP) is -0.0353. The maximum atomic E-state index is 10.8. The van der Waals surface area contributed by atoms with E-state index in [1.54, 1.807) is 7.11 Å². The average Bonchev–Trinajstić information content (AvgIpc) is 2.76. The molecule has 1 saturated carbocycles. The Morgan fingerprint density at radius 2 is 2.00 bits per heavy atom. The normalized spacial score (nSPS) is 52.4. The summed E-state index contributed by atoms with van der Waals surface area (Å²) < 4.78 is 17.9. The van der Waals surface area contributed by atoms with Gasteiger partial charge in [0.05, 0.1) is 6.10 Å². The maximum Gasteiger partial charge on any atom is 0.166 e. The minimum absolute atomic E-state index is 0.132. The number of piperazine rings is 1. The topological polar surface area (TPSA) is 54.4 Å². The van der Waals surface area contributed by atoms with E-state index in [1.165, 1.54) is 0 Å². The van der Waals surface area contributed by atoms with E-state index < -0.39 is 11.7 Å². The van der Waals surface area contributed by atoms with Gasteiger partial charge in [0, 0.05) is 51.7 Å². The summed E-state index contributed by atoms with van der Waals surface area (Å²) in [6.45, 7) is 7.17. The third-order valence-electron chi connectivity index (χ3n) is 6.39. The smallest absolute Gasteiger partial charge is 0.166 e. The van der Waals surface area contributed by atoms with Crippen LogP contribution in [0.15, 0.2) is 0 Å². The molecular weight excluding hydrogens is 284 g/mol. The molecule has 4 aliphatic heterocycles. The molecule has 6 heteroatoms. The summed E-state index contributed by atoms with van der Waals surface area (Å²) in [7, 11) is 3.86. The van der Waals surface area contributed by atoms with Crippen LogP contribution in [-0.4, -0.2) is 86.1 Å². The summed E-state index contributed by atoms with van der Waals surface area (Å²) in [4.78, 5) is 4.78. The number of nitrogens with zero attached hydrogens (tertiary/aromatic N) is 2. The van der Waals surface area contributed by atoms with Gasteiger partial charge >= 0.3 is 0 Å². The minimum atomic E-state index is -0.517. The first kappa shape index (κ1) is 15.3. The van der Waals surface area contributed by atoms with Crippen LogP contribution < -0.4 is 0 Å². The highest BCUT2D eigenvalue weighted by molar-refractivity contribution is 5.14. The molecular formula is C16H28N2O4. The molecule has 0 amide bonds. The van der Waals surface area contributed by atoms with Crippen LogP contribution in [0, 0.1) is 17.8 Å². The molecule has 6 nitrogen and oxygen atoms in total. The van der Waals surface area contributed by atoms with Gasteiger partial charge in [0.1, 0.15) is 5.60 Å². The predicted molar refractivity (Wildman–Crippen MR) is 80.2 cm³/mol. The number of rotatable bonds is 3. The lowest BCUT2D eigenvalue weighted by Gasteiger charge is -2.56. The average molecular weight is 312 g/mol. The van der Waals surface area contributed by atoms with Crippen molar-refractivity contribution in [2.45, 2.75) is 37.6 Å². The SMILES string of the molecule is COC1OC2OC3(CN4CCN(C)CC4)C1C(C[C@H]3O)C2C. The van der Waals surface area contributed by atoms with Crippen molar-refractivity contribution in [3.8, 4) is 0 Å². The van der Waals surface area contributed by atoms with E-state index in [0.717, 1.165) is 39.1 Å². The molecule has 5 fully saturated rings. The molecule has 126 valence electrons. The van der Waals surface area contributed by atoms with Gasteiger partial charge in [-0.2, -0.15) is 0 Å². The Hall–Kier alpha value is -0.240. The van der Waals surface area contributed by atoms with E-state index in [-0.39, 0.29) is 18.5 Å². The molecule has 0 radical (unpaired) electrons. The molecule has 5 aliphatic rings. The fraction of sp³-hybridized carbons (Fsp3) is 1.00. The lowest BCUT2D eigenvalue weighted by Crippen LogP contribution is -2.68. The van der Waals surface area contributed by atoms with Crippen LogP contribution in [-0.2, 0) is 14.2 Å². The van der Waals surface area contributed by atoms with Crippen LogP contribution in [0.2, 0.25) is 0 Å². The third-order valence-corrected chi connectivity index (χ3v) is 6.39. The number of hydrogen-bond donors (Lipinski definition) is 1. The van der Waals surface area contributed by atoms with Gasteiger partial charge in [-0.15, -0.1) is 0 Å². The highest BCUT2D eigenvalue weighted by Gasteiger charge is 2.69. The molecule has 1 N–H and O–H groups in total. The highest BCUT2D eigenvalue weighted by Crippen LogP contribution is 2.58. The Bertz CT molecular complexity index is 428. The Balaban J connectivity index is 1.59. The van der Waals surface area contributed by atoms with Gasteiger partial charge in [-0.3, -0.25) is 4.90 Å². The molecule has 6 unspecified atom stereocenters. The largest absolute Gasteiger partial charge is 0.390 e. The number of likely N-dealkylation sites (N-methyl/N-ethyl adjacent to an activating group) is 1. The number of aliphatic hydroxyl groups is 1. The second-order valence-electron chi connectivity index (χ2n) is 7.56. The first-order valence-corrected chi connectivity index (χ1v) is 8.50. The second-order valence-corrected chi connectivity index (χ2v) is 7.56. The van der Waals surface area contributed by atoms with Gasteiger partial charge in [0.2, 0.25) is 0 Å². The molecule has 1 aliphatic carbocycles. The lowest BCUT2D eigenvalue weighted by atomic mass is 9.73. The van der Waals surface area contributed by atoms with E-state index >= 15 is 0 Å². The Labute approximate surface area is 132 Å². The number of hydrogen-bond acceptors (Lipinski definition) is 6. The highest BCUT2D eigenvalue weighted by atomic mass is 16.8. The zero-order valence-electron chi connectivity index (χ0n) is 13.8. The van der Waals surface area contributed by atoms with Crippen molar-refractivity contribution in [3.63, 3.8) is 0 Å². The number of aliphatic hydroxyl groups excluding tert-OH is 1. The molecule has 4 saturated heterocycles. The van der Waals surface area contributed by atoms with Crippen molar-refractivity contribution >= 4 is 0 Å². The van der Waals surface area contributed by atoms with E-state index in [9.17, 15) is 5.11 Å². The van der Waals surface area contributed by atoms with E-state index in [2.05, 4.69) is 23.8 Å². The van der Waals surface area contributed by atoms with Crippen LogP contribution in [0.4, 0.5) is 0 Å². The molecule has 0 aromatic heterocycles. The summed E-state index contributed by atoms with van der Waals surface area (Å²) in [5.41, 5.74) is -0.517. The third kappa shape index (κ3) is 2.08. The monoisotopic (exact) mass is 312 g/mol. The molecule has 22 heavy (non-hydrogen) atoms. The molecule has 0 spiro atoms. The van der Waals surface area contributed by atoms with Crippen LogP contribution in [0.1, 0.15) is 13.3 Å². The van der Waals surface area contributed by atoms with Crippen molar-refractivity contribution < 1.29 is 19.3 Å². The van der Waals surface area contributed by atoms with Gasteiger partial charge in [-0.05, 0) is 19.4 Å². The number of ether oxygens (including phenoxy) is 3. The Morgan fingerprint density at radius 3 is 2.68 bits per heavy atom. The van der Waals surface area contributed by atoms with Gasteiger partial charge in [0.15, 0.2) is 12.6 Å². The maximum absolute atomic E-state index is 10.8. The number of fused-ring (bicyclic) bond motifs is 1. The van der Waals surface area contributed by atoms with Crippen molar-refractivity contribution in [1.29, 1.82) is 0 Å². The first-order valence-electron chi connectivity index (χ1n) is 8.50. The summed E-state index contributed by atoms with van der Waals surface area (Å²) in [5, 5.41) is 10.8. The zero-order chi connectivity index (χ0) is 15.5. The Morgan fingerprint density at radius 1 is 1.27 bits per heavy atom. The van der Waals surface area contributed by atoms with Crippen molar-refractivity contribution in [1.82, 2.24) is 9.80 Å². The van der Waals surface area contributed by atoms with Gasteiger partial charge in [-0.1, -0.05) is 6.92 Å². The van der Waals surface area contributed by atoms with Gasteiger partial charge in [-0.25, -0.2) is 0 Å². The standard InChI is InChI=1S/C16H28N2O4/c1-10-11-8-12(19)16(9-18-6-4-17(2)5-7-18)13(11)15(20-3)21-14(10)22-16/h10-15,19H,4-9H2,1-3H3/t10?,11?,12-,13?,14?,15?,16?/m1/s1. The second kappa shape index (κ2) is 5.40. The van der Waals surface area contributed by atoms with Crippen molar-refractivity contribution in [2.75, 3.05) is 46.9 Å². The molecule has 0 aromatic rings. The summed E-state index contributed by atoms with van der Waals surface area (Å²) in [6, 6.07) is 0. The fourth-order valence-corrected chi connectivity index (χ4v) is 5.02. The zero-order valence-corrected chi connectivity index (χ0v) is 13.8. The van der Waals surface area contributed by atoms with Crippen LogP contribution in [0.5, 0.6) is 0 Å². The minimum Gasteiger partial charge on any atom is -0.390 e.